The lowest BCUT2D eigenvalue weighted by Crippen LogP contribution is -2.79. The van der Waals surface area contributed by atoms with Crippen LogP contribution in [0.4, 0.5) is 4.79 Å². The Labute approximate surface area is 284 Å². The third-order valence-corrected chi connectivity index (χ3v) is 9.55. The molecule has 1 fully saturated rings. The maximum Gasteiger partial charge on any atom is 0.408 e. The maximum atomic E-state index is 15.1. The summed E-state index contributed by atoms with van der Waals surface area (Å²) in [4.78, 5) is 33.4. The first kappa shape index (κ1) is 34.7. The van der Waals surface area contributed by atoms with Crippen molar-refractivity contribution in [1.29, 1.82) is 0 Å². The number of benzene rings is 4. The minimum absolute atomic E-state index is 0.0704. The molecule has 5 rings (SSSR count). The maximum absolute atomic E-state index is 15.1. The van der Waals surface area contributed by atoms with Crippen molar-refractivity contribution in [1.82, 2.24) is 14.7 Å². The second-order valence-electron chi connectivity index (χ2n) is 13.6. The van der Waals surface area contributed by atoms with Crippen LogP contribution >= 0.6 is 0 Å². The van der Waals surface area contributed by atoms with E-state index >= 15 is 4.79 Å². The predicted octanol–water partition coefficient (Wildman–Crippen LogP) is 6.48. The van der Waals surface area contributed by atoms with Gasteiger partial charge in [-0.1, -0.05) is 124 Å². The van der Waals surface area contributed by atoms with Crippen molar-refractivity contribution < 1.29 is 24.5 Å². The first-order valence-electron chi connectivity index (χ1n) is 16.5. The molecule has 0 radical (unpaired) electrons. The fraction of sp³-hybridized carbons (Fsp3) is 0.350. The topological polar surface area (TPSA) is 93.6 Å². The number of aliphatic hydroxyl groups is 1. The van der Waals surface area contributed by atoms with Gasteiger partial charge in [0.2, 0.25) is 0 Å². The van der Waals surface area contributed by atoms with Crippen molar-refractivity contribution in [3.05, 3.63) is 138 Å². The molecule has 0 spiro atoms. The molecular formula is C40H47N3O5. The SMILES string of the molecule is COc1ccc(CN2CCN(C(=O)O)[C@]([C@@H](O)[C@H](Cc3ccccc3)N(Cc3ccccc3)Cc3ccccc3)(C(C)(C)C)C2=O)cc1. The number of carboxylic acid groups (broad SMARTS) is 1. The summed E-state index contributed by atoms with van der Waals surface area (Å²) in [6.45, 7) is 7.12. The fourth-order valence-electron chi connectivity index (χ4n) is 7.16. The summed E-state index contributed by atoms with van der Waals surface area (Å²) in [6.07, 6.45) is -2.22. The number of methoxy groups -OCH3 is 1. The fourth-order valence-corrected chi connectivity index (χ4v) is 7.16. The van der Waals surface area contributed by atoms with Gasteiger partial charge in [0.25, 0.3) is 5.91 Å². The zero-order chi connectivity index (χ0) is 34.3. The minimum Gasteiger partial charge on any atom is -0.497 e. The second-order valence-corrected chi connectivity index (χ2v) is 13.6. The highest BCUT2D eigenvalue weighted by atomic mass is 16.5. The van der Waals surface area contributed by atoms with Gasteiger partial charge in [-0.2, -0.15) is 0 Å². The zero-order valence-electron chi connectivity index (χ0n) is 28.3. The number of amides is 2. The molecule has 1 aliphatic rings. The molecule has 8 heteroatoms. The lowest BCUT2D eigenvalue weighted by atomic mass is 9.64. The molecule has 0 aromatic heterocycles. The molecular weight excluding hydrogens is 602 g/mol. The molecule has 0 bridgehead atoms. The van der Waals surface area contributed by atoms with Crippen molar-refractivity contribution in [2.45, 2.75) is 64.5 Å². The lowest BCUT2D eigenvalue weighted by molar-refractivity contribution is -0.181. The summed E-state index contributed by atoms with van der Waals surface area (Å²) >= 11 is 0. The van der Waals surface area contributed by atoms with Gasteiger partial charge in [0.05, 0.1) is 7.11 Å². The first-order valence-corrected chi connectivity index (χ1v) is 16.5. The Balaban J connectivity index is 1.64. The van der Waals surface area contributed by atoms with E-state index in [-0.39, 0.29) is 19.6 Å². The highest BCUT2D eigenvalue weighted by molar-refractivity contribution is 5.92. The Morgan fingerprint density at radius 1 is 0.792 bits per heavy atom. The number of carbonyl (C=O) groups is 2. The quantitative estimate of drug-likeness (QED) is 0.183. The summed E-state index contributed by atoms with van der Waals surface area (Å²) in [5, 5.41) is 23.8. The monoisotopic (exact) mass is 649 g/mol. The van der Waals surface area contributed by atoms with Crippen molar-refractivity contribution >= 4 is 12.0 Å². The summed E-state index contributed by atoms with van der Waals surface area (Å²) in [5.41, 5.74) is 1.19. The van der Waals surface area contributed by atoms with Crippen molar-refractivity contribution in [3.63, 3.8) is 0 Å². The van der Waals surface area contributed by atoms with Crippen LogP contribution in [0.15, 0.2) is 115 Å². The number of rotatable bonds is 12. The Morgan fingerprint density at radius 2 is 1.29 bits per heavy atom. The molecule has 1 aliphatic heterocycles. The van der Waals surface area contributed by atoms with Crippen LogP contribution in [0.1, 0.15) is 43.0 Å². The van der Waals surface area contributed by atoms with Gasteiger partial charge < -0.3 is 19.8 Å². The van der Waals surface area contributed by atoms with Crippen LogP contribution < -0.4 is 4.74 Å². The molecule has 48 heavy (non-hydrogen) atoms. The molecule has 1 saturated heterocycles. The van der Waals surface area contributed by atoms with Crippen LogP contribution in [-0.4, -0.2) is 74.8 Å². The number of nitrogens with zero attached hydrogens (tertiary/aromatic N) is 3. The number of aliphatic hydroxyl groups excluding tert-OH is 1. The number of hydrogen-bond donors (Lipinski definition) is 2. The molecule has 3 atom stereocenters. The van der Waals surface area contributed by atoms with E-state index in [1.165, 1.54) is 4.90 Å². The highest BCUT2D eigenvalue weighted by Crippen LogP contribution is 2.45. The third-order valence-electron chi connectivity index (χ3n) is 9.55. The van der Waals surface area contributed by atoms with Crippen molar-refractivity contribution in [3.8, 4) is 5.75 Å². The average Bonchev–Trinajstić information content (AvgIpc) is 3.08. The van der Waals surface area contributed by atoms with Crippen LogP contribution in [0.25, 0.3) is 0 Å². The van der Waals surface area contributed by atoms with E-state index in [1.807, 2.05) is 112 Å². The number of hydrogen-bond acceptors (Lipinski definition) is 5. The van der Waals surface area contributed by atoms with Gasteiger partial charge in [-0.05, 0) is 46.2 Å². The van der Waals surface area contributed by atoms with Crippen LogP contribution in [0.5, 0.6) is 5.75 Å². The molecule has 4 aromatic rings. The van der Waals surface area contributed by atoms with Gasteiger partial charge in [-0.15, -0.1) is 0 Å². The number of ether oxygens (including phenoxy) is 1. The molecule has 0 saturated carbocycles. The summed E-state index contributed by atoms with van der Waals surface area (Å²) in [5.74, 6) is 0.310. The van der Waals surface area contributed by atoms with E-state index < -0.39 is 35.1 Å². The average molecular weight is 650 g/mol. The summed E-state index contributed by atoms with van der Waals surface area (Å²) in [6, 6.07) is 36.9. The number of piperazine rings is 1. The van der Waals surface area contributed by atoms with E-state index in [2.05, 4.69) is 29.2 Å². The molecule has 4 aromatic carbocycles. The smallest absolute Gasteiger partial charge is 0.408 e. The van der Waals surface area contributed by atoms with E-state index in [9.17, 15) is 15.0 Å². The lowest BCUT2D eigenvalue weighted by Gasteiger charge is -2.58. The van der Waals surface area contributed by atoms with Crippen LogP contribution in [0.2, 0.25) is 0 Å². The Bertz CT molecular complexity index is 1590. The Kier molecular flexibility index (Phi) is 10.9. The largest absolute Gasteiger partial charge is 0.497 e. The molecule has 8 nitrogen and oxygen atoms in total. The first-order chi connectivity index (χ1) is 23.0. The molecule has 2 N–H and O–H groups in total. The van der Waals surface area contributed by atoms with E-state index in [0.717, 1.165) is 22.3 Å². The predicted molar refractivity (Wildman–Crippen MR) is 187 cm³/mol. The van der Waals surface area contributed by atoms with Crippen molar-refractivity contribution in [2.75, 3.05) is 20.2 Å². The molecule has 252 valence electrons. The minimum atomic E-state index is -1.80. The van der Waals surface area contributed by atoms with Crippen LogP contribution in [0, 0.1) is 5.41 Å². The standard InChI is InChI=1S/C40H47N3O5/c1-39(2,3)40(37(45)41(24-25-43(40)38(46)47)27-33-20-22-34(48-4)23-21-33)36(44)35(26-30-14-8-5-9-15-30)42(28-31-16-10-6-11-17-31)29-32-18-12-7-13-19-32/h5-23,35-36,44H,24-29H2,1-4H3,(H,46,47)/t35-,36-,40-/m0/s1. The van der Waals surface area contributed by atoms with Crippen LogP contribution in [0.3, 0.4) is 0 Å². The van der Waals surface area contributed by atoms with E-state index in [4.69, 9.17) is 4.74 Å². The molecule has 2 amide bonds. The summed E-state index contributed by atoms with van der Waals surface area (Å²) in [7, 11) is 1.60. The van der Waals surface area contributed by atoms with Gasteiger partial charge in [-0.3, -0.25) is 14.6 Å². The Hall–Kier alpha value is -4.66. The van der Waals surface area contributed by atoms with E-state index in [1.54, 1.807) is 12.0 Å². The molecule has 1 heterocycles. The van der Waals surface area contributed by atoms with Gasteiger partial charge in [0.15, 0.2) is 5.54 Å². The Morgan fingerprint density at radius 3 is 1.75 bits per heavy atom. The highest BCUT2D eigenvalue weighted by Gasteiger charge is 2.64. The third kappa shape index (κ3) is 7.40. The van der Waals surface area contributed by atoms with Crippen LogP contribution in [-0.2, 0) is 30.8 Å². The number of carbonyl (C=O) groups excluding carboxylic acids is 1. The second kappa shape index (κ2) is 15.0. The van der Waals surface area contributed by atoms with Gasteiger partial charge in [-0.25, -0.2) is 4.79 Å². The zero-order valence-corrected chi connectivity index (χ0v) is 28.3. The van der Waals surface area contributed by atoms with Gasteiger partial charge >= 0.3 is 6.09 Å². The van der Waals surface area contributed by atoms with Crippen molar-refractivity contribution in [2.24, 2.45) is 5.41 Å². The van der Waals surface area contributed by atoms with Gasteiger partial charge in [0, 0.05) is 38.8 Å². The normalized spacial score (nSPS) is 18.1. The summed E-state index contributed by atoms with van der Waals surface area (Å²) < 4.78 is 5.32. The molecule has 0 unspecified atom stereocenters. The van der Waals surface area contributed by atoms with Gasteiger partial charge in [0.1, 0.15) is 11.9 Å². The molecule has 0 aliphatic carbocycles. The van der Waals surface area contributed by atoms with E-state index in [0.29, 0.717) is 25.3 Å².